The van der Waals surface area contributed by atoms with Crippen LogP contribution in [0.25, 0.3) is 10.9 Å². The van der Waals surface area contributed by atoms with Gasteiger partial charge in [0, 0.05) is 18.1 Å². The van der Waals surface area contributed by atoms with Crippen LogP contribution in [-0.4, -0.2) is 24.2 Å². The zero-order valence-corrected chi connectivity index (χ0v) is 14.3. The van der Waals surface area contributed by atoms with E-state index in [9.17, 15) is 4.79 Å². The molecule has 6 heteroatoms. The number of nitrogens with one attached hydrogen (secondary N) is 1. The van der Waals surface area contributed by atoms with E-state index >= 15 is 0 Å². The van der Waals surface area contributed by atoms with Crippen molar-refractivity contribution >= 4 is 34.6 Å². The minimum atomic E-state index is -0.733. The van der Waals surface area contributed by atoms with E-state index in [1.54, 1.807) is 0 Å². The highest BCUT2D eigenvalue weighted by Crippen LogP contribution is 2.19. The smallest absolute Gasteiger partial charge is 0.273 e. The first-order valence-corrected chi connectivity index (χ1v) is 8.03. The van der Waals surface area contributed by atoms with Crippen molar-refractivity contribution in [3.8, 4) is 0 Å². The average Bonchev–Trinajstić information content (AvgIpc) is 2.63. The van der Waals surface area contributed by atoms with Gasteiger partial charge in [0.05, 0.1) is 11.7 Å². The van der Waals surface area contributed by atoms with Crippen molar-refractivity contribution in [3.05, 3.63) is 76.9 Å². The van der Waals surface area contributed by atoms with Crippen LogP contribution in [0.1, 0.15) is 17.2 Å². The highest BCUT2D eigenvalue weighted by Gasteiger charge is 2.19. The molecule has 0 saturated heterocycles. The van der Waals surface area contributed by atoms with E-state index < -0.39 is 6.10 Å². The molecule has 0 spiro atoms. The number of hydrogen-bond acceptors (Lipinski definition) is 4. The topological polar surface area (TPSA) is 63.6 Å². The van der Waals surface area contributed by atoms with Crippen LogP contribution in [0.4, 0.5) is 0 Å². The van der Waals surface area contributed by atoms with Gasteiger partial charge in [-0.05, 0) is 17.7 Å². The summed E-state index contributed by atoms with van der Waals surface area (Å²) in [7, 11) is 1.48. The van der Waals surface area contributed by atoms with Crippen LogP contribution in [0.5, 0.6) is 0 Å². The Morgan fingerprint density at radius 3 is 2.68 bits per heavy atom. The van der Waals surface area contributed by atoms with Gasteiger partial charge in [-0.15, -0.1) is 0 Å². The first-order valence-electron chi connectivity index (χ1n) is 7.65. The summed E-state index contributed by atoms with van der Waals surface area (Å²) in [5.74, 6) is -0.366. The molecule has 3 aromatic rings. The van der Waals surface area contributed by atoms with Gasteiger partial charge in [0.2, 0.25) is 0 Å². The van der Waals surface area contributed by atoms with Gasteiger partial charge in [-0.3, -0.25) is 4.79 Å². The van der Waals surface area contributed by atoms with Crippen LogP contribution in [-0.2, 0) is 9.53 Å². The molecule has 1 heterocycles. The molecule has 0 fully saturated rings. The molecule has 1 unspecified atom stereocenters. The second-order valence-electron chi connectivity index (χ2n) is 5.32. The van der Waals surface area contributed by atoms with E-state index in [1.165, 1.54) is 13.3 Å². The molecule has 1 amide bonds. The number of ether oxygens (including phenoxy) is 1. The van der Waals surface area contributed by atoms with Crippen molar-refractivity contribution in [2.24, 2.45) is 5.10 Å². The highest BCUT2D eigenvalue weighted by atomic mass is 35.5. The summed E-state index contributed by atoms with van der Waals surface area (Å²) < 4.78 is 5.26. The maximum Gasteiger partial charge on any atom is 0.273 e. The van der Waals surface area contributed by atoms with Crippen LogP contribution in [0.2, 0.25) is 5.15 Å². The molecule has 0 radical (unpaired) electrons. The summed E-state index contributed by atoms with van der Waals surface area (Å²) in [6, 6.07) is 18.7. The molecule has 1 atom stereocenters. The number of hydrogen-bond donors (Lipinski definition) is 1. The maximum atomic E-state index is 12.3. The zero-order valence-electron chi connectivity index (χ0n) is 13.5. The lowest BCUT2D eigenvalue weighted by Gasteiger charge is -2.13. The van der Waals surface area contributed by atoms with E-state index in [-0.39, 0.29) is 5.91 Å². The SMILES string of the molecule is COC(C(=O)NN=Cc1cc2ccccc2nc1Cl)c1ccccc1. The van der Waals surface area contributed by atoms with Crippen molar-refractivity contribution < 1.29 is 9.53 Å². The number of amides is 1. The van der Waals surface area contributed by atoms with Gasteiger partial charge in [-0.1, -0.05) is 60.1 Å². The lowest BCUT2D eigenvalue weighted by atomic mass is 10.1. The first-order chi connectivity index (χ1) is 12.2. The number of rotatable bonds is 5. The molecule has 0 aliphatic carbocycles. The molecule has 2 aromatic carbocycles. The number of hydrazone groups is 1. The van der Waals surface area contributed by atoms with Gasteiger partial charge in [-0.25, -0.2) is 10.4 Å². The summed E-state index contributed by atoms with van der Waals surface area (Å²) >= 11 is 6.16. The van der Waals surface area contributed by atoms with Gasteiger partial charge in [0.15, 0.2) is 6.10 Å². The van der Waals surface area contributed by atoms with Crippen molar-refractivity contribution in [2.75, 3.05) is 7.11 Å². The Morgan fingerprint density at radius 1 is 1.20 bits per heavy atom. The zero-order chi connectivity index (χ0) is 17.6. The Hall–Kier alpha value is -2.76. The number of aromatic nitrogens is 1. The Balaban J connectivity index is 1.74. The number of benzene rings is 2. The van der Waals surface area contributed by atoms with E-state index in [0.717, 1.165) is 16.5 Å². The Morgan fingerprint density at radius 2 is 1.92 bits per heavy atom. The number of para-hydroxylation sites is 1. The molecular formula is C19H16ClN3O2. The lowest BCUT2D eigenvalue weighted by Crippen LogP contribution is -2.26. The van der Waals surface area contributed by atoms with Crippen molar-refractivity contribution in [3.63, 3.8) is 0 Å². The number of nitrogens with zero attached hydrogens (tertiary/aromatic N) is 2. The predicted octanol–water partition coefficient (Wildman–Crippen LogP) is 3.73. The standard InChI is InChI=1S/C19H16ClN3O2/c1-25-17(13-7-3-2-4-8-13)19(24)23-21-12-15-11-14-9-5-6-10-16(14)22-18(15)20/h2-12,17H,1H3,(H,23,24). The molecule has 0 bridgehead atoms. The maximum absolute atomic E-state index is 12.3. The first kappa shape index (κ1) is 17.1. The van der Waals surface area contributed by atoms with Gasteiger partial charge < -0.3 is 4.74 Å². The molecule has 0 aliphatic rings. The fourth-order valence-electron chi connectivity index (χ4n) is 2.45. The Kier molecular flexibility index (Phi) is 5.38. The van der Waals surface area contributed by atoms with Crippen LogP contribution in [0.3, 0.4) is 0 Å². The van der Waals surface area contributed by atoms with Crippen molar-refractivity contribution in [1.82, 2.24) is 10.4 Å². The number of carbonyl (C=O) groups is 1. The van der Waals surface area contributed by atoms with E-state index in [1.807, 2.05) is 60.7 Å². The molecule has 126 valence electrons. The lowest BCUT2D eigenvalue weighted by molar-refractivity contribution is -0.131. The molecule has 0 saturated carbocycles. The fraction of sp³-hybridized carbons (Fsp3) is 0.105. The minimum Gasteiger partial charge on any atom is -0.367 e. The number of carbonyl (C=O) groups excluding carboxylic acids is 1. The molecule has 25 heavy (non-hydrogen) atoms. The van der Waals surface area contributed by atoms with Gasteiger partial charge >= 0.3 is 0 Å². The summed E-state index contributed by atoms with van der Waals surface area (Å²) in [5.41, 5.74) is 4.65. The van der Waals surface area contributed by atoms with Gasteiger partial charge in [0.1, 0.15) is 5.15 Å². The number of pyridine rings is 1. The third-order valence-corrected chi connectivity index (χ3v) is 3.96. The average molecular weight is 354 g/mol. The normalized spacial score (nSPS) is 12.4. The monoisotopic (exact) mass is 353 g/mol. The fourth-order valence-corrected chi connectivity index (χ4v) is 2.64. The van der Waals surface area contributed by atoms with Crippen LogP contribution in [0, 0.1) is 0 Å². The third-order valence-electron chi connectivity index (χ3n) is 3.66. The number of methoxy groups -OCH3 is 1. The summed E-state index contributed by atoms with van der Waals surface area (Å²) in [6.45, 7) is 0. The van der Waals surface area contributed by atoms with Crippen molar-refractivity contribution in [1.29, 1.82) is 0 Å². The summed E-state index contributed by atoms with van der Waals surface area (Å²) in [6.07, 6.45) is 0.737. The quantitative estimate of drug-likeness (QED) is 0.432. The van der Waals surface area contributed by atoms with Crippen molar-refractivity contribution in [2.45, 2.75) is 6.10 Å². The number of halogens is 1. The summed E-state index contributed by atoms with van der Waals surface area (Å²) in [5, 5.41) is 5.24. The third kappa shape index (κ3) is 4.02. The Bertz CT molecular complexity index is 913. The molecule has 1 N–H and O–H groups in total. The molecule has 3 rings (SSSR count). The molecule has 0 aliphatic heterocycles. The Labute approximate surface area is 150 Å². The molecular weight excluding hydrogens is 338 g/mol. The minimum absolute atomic E-state index is 0.322. The number of fused-ring (bicyclic) bond motifs is 1. The molecule has 1 aromatic heterocycles. The van der Waals surface area contributed by atoms with E-state index in [0.29, 0.717) is 10.7 Å². The second kappa shape index (κ2) is 7.88. The van der Waals surface area contributed by atoms with Gasteiger partial charge in [0.25, 0.3) is 5.91 Å². The van der Waals surface area contributed by atoms with E-state index in [4.69, 9.17) is 16.3 Å². The van der Waals surface area contributed by atoms with Crippen LogP contribution >= 0.6 is 11.6 Å². The predicted molar refractivity (Wildman–Crippen MR) is 98.7 cm³/mol. The highest BCUT2D eigenvalue weighted by molar-refractivity contribution is 6.32. The van der Waals surface area contributed by atoms with Crippen LogP contribution in [0.15, 0.2) is 65.8 Å². The summed E-state index contributed by atoms with van der Waals surface area (Å²) in [4.78, 5) is 16.6. The van der Waals surface area contributed by atoms with Crippen LogP contribution < -0.4 is 5.43 Å². The molecule has 5 nitrogen and oxygen atoms in total. The largest absolute Gasteiger partial charge is 0.367 e. The van der Waals surface area contributed by atoms with Gasteiger partial charge in [-0.2, -0.15) is 5.10 Å². The van der Waals surface area contributed by atoms with E-state index in [2.05, 4.69) is 15.5 Å². The second-order valence-corrected chi connectivity index (χ2v) is 5.68.